The summed E-state index contributed by atoms with van der Waals surface area (Å²) in [5.74, 6) is 0.881. The summed E-state index contributed by atoms with van der Waals surface area (Å²) in [6, 6.07) is 12.2. The van der Waals surface area contributed by atoms with E-state index in [1.165, 1.54) is 33.5 Å². The first-order valence-corrected chi connectivity index (χ1v) is 6.89. The number of para-hydroxylation sites is 1. The Hall–Kier alpha value is -2.73. The number of ether oxygens (including phenoxy) is 3. The normalized spacial score (nSPS) is 10.1. The third-order valence-electron chi connectivity index (χ3n) is 3.27. The molecule has 0 N–H and O–H groups in total. The molecule has 0 heterocycles. The third kappa shape index (κ3) is 3.37. The minimum absolute atomic E-state index is 0.349. The van der Waals surface area contributed by atoms with E-state index in [1.807, 2.05) is 18.2 Å². The number of hydrogen-bond donors (Lipinski definition) is 0. The Balaban J connectivity index is 2.46. The van der Waals surface area contributed by atoms with Crippen LogP contribution in [0.2, 0.25) is 0 Å². The molecule has 0 fully saturated rings. The summed E-state index contributed by atoms with van der Waals surface area (Å²) < 4.78 is 15.8. The Bertz CT molecular complexity index is 647. The summed E-state index contributed by atoms with van der Waals surface area (Å²) in [5, 5.41) is 1.20. The van der Waals surface area contributed by atoms with Gasteiger partial charge in [0.15, 0.2) is 11.5 Å². The number of amides is 1. The lowest BCUT2D eigenvalue weighted by atomic mass is 10.1. The van der Waals surface area contributed by atoms with E-state index in [4.69, 9.17) is 19.0 Å². The number of carbonyl (C=O) groups excluding carboxylic acids is 1. The van der Waals surface area contributed by atoms with Crippen molar-refractivity contribution in [3.63, 3.8) is 0 Å². The van der Waals surface area contributed by atoms with E-state index in [0.29, 0.717) is 28.5 Å². The van der Waals surface area contributed by atoms with Gasteiger partial charge in [-0.25, -0.2) is 0 Å². The minimum atomic E-state index is -0.349. The molecular formula is C17H19NO5. The number of hydrogen-bond acceptors (Lipinski definition) is 5. The number of methoxy groups -OCH3 is 3. The molecule has 2 aromatic rings. The Kier molecular flexibility index (Phi) is 5.43. The van der Waals surface area contributed by atoms with Gasteiger partial charge in [0.05, 0.1) is 34.1 Å². The van der Waals surface area contributed by atoms with Crippen LogP contribution in [0, 0.1) is 0 Å². The first kappa shape index (κ1) is 16.6. The van der Waals surface area contributed by atoms with Crippen molar-refractivity contribution in [1.29, 1.82) is 0 Å². The highest BCUT2D eigenvalue weighted by Crippen LogP contribution is 2.38. The smallest absolute Gasteiger partial charge is 0.282 e. The average molecular weight is 317 g/mol. The first-order chi connectivity index (χ1) is 11.2. The van der Waals surface area contributed by atoms with Crippen LogP contribution in [0.15, 0.2) is 42.5 Å². The lowest BCUT2D eigenvalue weighted by Gasteiger charge is -2.21. The summed E-state index contributed by atoms with van der Waals surface area (Å²) in [6.45, 7) is 0. The molecule has 23 heavy (non-hydrogen) atoms. The third-order valence-corrected chi connectivity index (χ3v) is 3.27. The maximum absolute atomic E-state index is 12.8. The molecule has 6 heteroatoms. The molecule has 0 aromatic heterocycles. The summed E-state index contributed by atoms with van der Waals surface area (Å²) in [5.41, 5.74) is 0.971. The molecule has 0 aliphatic carbocycles. The zero-order chi connectivity index (χ0) is 16.8. The van der Waals surface area contributed by atoms with Gasteiger partial charge in [0.1, 0.15) is 0 Å². The van der Waals surface area contributed by atoms with Crippen LogP contribution in [-0.2, 0) is 4.84 Å². The number of hydroxylamine groups is 1. The fourth-order valence-corrected chi connectivity index (χ4v) is 2.19. The Morgan fingerprint density at radius 3 is 1.87 bits per heavy atom. The molecule has 122 valence electrons. The van der Waals surface area contributed by atoms with Gasteiger partial charge >= 0.3 is 0 Å². The molecule has 0 spiro atoms. The molecule has 6 nitrogen and oxygen atoms in total. The van der Waals surface area contributed by atoms with Gasteiger partial charge in [-0.1, -0.05) is 18.2 Å². The van der Waals surface area contributed by atoms with Gasteiger partial charge in [-0.3, -0.25) is 9.63 Å². The molecule has 0 aliphatic rings. The molecular weight excluding hydrogens is 298 g/mol. The van der Waals surface area contributed by atoms with E-state index < -0.39 is 0 Å². The van der Waals surface area contributed by atoms with Gasteiger partial charge in [-0.2, -0.15) is 5.06 Å². The van der Waals surface area contributed by atoms with Crippen molar-refractivity contribution >= 4 is 11.6 Å². The van der Waals surface area contributed by atoms with Crippen LogP contribution in [0.25, 0.3) is 0 Å². The van der Waals surface area contributed by atoms with Crippen molar-refractivity contribution in [1.82, 2.24) is 0 Å². The number of rotatable bonds is 6. The van der Waals surface area contributed by atoms with Crippen LogP contribution in [0.3, 0.4) is 0 Å². The zero-order valence-corrected chi connectivity index (χ0v) is 13.5. The van der Waals surface area contributed by atoms with Crippen molar-refractivity contribution in [2.45, 2.75) is 0 Å². The SMILES string of the molecule is COc1cc(C(=O)N(OC)c2ccccc2)cc(OC)c1OC. The molecule has 0 bridgehead atoms. The minimum Gasteiger partial charge on any atom is -0.493 e. The van der Waals surface area contributed by atoms with Crippen molar-refractivity contribution in [2.24, 2.45) is 0 Å². The summed E-state index contributed by atoms with van der Waals surface area (Å²) in [7, 11) is 5.93. The summed E-state index contributed by atoms with van der Waals surface area (Å²) in [4.78, 5) is 18.0. The highest BCUT2D eigenvalue weighted by molar-refractivity contribution is 6.05. The molecule has 0 saturated carbocycles. The van der Waals surface area contributed by atoms with Gasteiger partial charge in [-0.05, 0) is 24.3 Å². The molecule has 0 radical (unpaired) electrons. The largest absolute Gasteiger partial charge is 0.493 e. The fourth-order valence-electron chi connectivity index (χ4n) is 2.19. The maximum atomic E-state index is 12.8. The van der Waals surface area contributed by atoms with Crippen molar-refractivity contribution < 1.29 is 23.8 Å². The summed E-state index contributed by atoms with van der Waals surface area (Å²) in [6.07, 6.45) is 0. The van der Waals surface area contributed by atoms with Gasteiger partial charge in [0, 0.05) is 5.56 Å². The van der Waals surface area contributed by atoms with E-state index in [9.17, 15) is 4.79 Å². The number of carbonyl (C=O) groups is 1. The van der Waals surface area contributed by atoms with Gasteiger partial charge in [0.2, 0.25) is 5.75 Å². The van der Waals surface area contributed by atoms with Crippen LogP contribution >= 0.6 is 0 Å². The highest BCUT2D eigenvalue weighted by atomic mass is 16.7. The van der Waals surface area contributed by atoms with Gasteiger partial charge in [-0.15, -0.1) is 0 Å². The maximum Gasteiger partial charge on any atom is 0.282 e. The molecule has 0 unspecified atom stereocenters. The van der Waals surface area contributed by atoms with Crippen LogP contribution in [0.4, 0.5) is 5.69 Å². The lowest BCUT2D eigenvalue weighted by molar-refractivity contribution is 0.0772. The molecule has 2 aromatic carbocycles. The quantitative estimate of drug-likeness (QED) is 0.767. The molecule has 0 saturated heterocycles. The fraction of sp³-hybridized carbons (Fsp3) is 0.235. The second-order valence-electron chi connectivity index (χ2n) is 4.53. The van der Waals surface area contributed by atoms with Crippen molar-refractivity contribution in [2.75, 3.05) is 33.5 Å². The standard InChI is InChI=1S/C17H19NO5/c1-20-14-10-12(11-15(21-2)16(14)22-3)17(19)18(23-4)13-8-6-5-7-9-13/h5-11H,1-4H3. The predicted molar refractivity (Wildman–Crippen MR) is 86.4 cm³/mol. The van der Waals surface area contributed by atoms with Crippen molar-refractivity contribution in [3.05, 3.63) is 48.0 Å². The average Bonchev–Trinajstić information content (AvgIpc) is 2.61. The highest BCUT2D eigenvalue weighted by Gasteiger charge is 2.22. The second kappa shape index (κ2) is 7.51. The molecule has 0 atom stereocenters. The van der Waals surface area contributed by atoms with Gasteiger partial charge in [0.25, 0.3) is 5.91 Å². The second-order valence-corrected chi connectivity index (χ2v) is 4.53. The predicted octanol–water partition coefficient (Wildman–Crippen LogP) is 2.92. The Morgan fingerprint density at radius 2 is 1.43 bits per heavy atom. The van der Waals surface area contributed by atoms with Crippen LogP contribution < -0.4 is 19.3 Å². The number of nitrogens with zero attached hydrogens (tertiary/aromatic N) is 1. The molecule has 0 aliphatic heterocycles. The van der Waals surface area contributed by atoms with Crippen LogP contribution in [-0.4, -0.2) is 34.3 Å². The molecule has 1 amide bonds. The topological polar surface area (TPSA) is 57.2 Å². The van der Waals surface area contributed by atoms with E-state index >= 15 is 0 Å². The molecule has 2 rings (SSSR count). The van der Waals surface area contributed by atoms with E-state index in [0.717, 1.165) is 0 Å². The monoisotopic (exact) mass is 317 g/mol. The lowest BCUT2D eigenvalue weighted by Crippen LogP contribution is -2.29. The van der Waals surface area contributed by atoms with E-state index in [-0.39, 0.29) is 5.91 Å². The Labute approximate surface area is 135 Å². The van der Waals surface area contributed by atoms with Crippen LogP contribution in [0.1, 0.15) is 10.4 Å². The first-order valence-electron chi connectivity index (χ1n) is 6.89. The summed E-state index contributed by atoms with van der Waals surface area (Å²) >= 11 is 0. The van der Waals surface area contributed by atoms with Crippen LogP contribution in [0.5, 0.6) is 17.2 Å². The van der Waals surface area contributed by atoms with Crippen molar-refractivity contribution in [3.8, 4) is 17.2 Å². The number of benzene rings is 2. The Morgan fingerprint density at radius 1 is 0.870 bits per heavy atom. The van der Waals surface area contributed by atoms with E-state index in [1.54, 1.807) is 24.3 Å². The van der Waals surface area contributed by atoms with E-state index in [2.05, 4.69) is 0 Å². The zero-order valence-electron chi connectivity index (χ0n) is 13.5. The number of anilines is 1. The van der Waals surface area contributed by atoms with Gasteiger partial charge < -0.3 is 14.2 Å².